The second kappa shape index (κ2) is 11.6. The van der Waals surface area contributed by atoms with Crippen LogP contribution in [0.3, 0.4) is 0 Å². The molecule has 0 spiro atoms. The van der Waals surface area contributed by atoms with Gasteiger partial charge in [0.25, 0.3) is 0 Å². The van der Waals surface area contributed by atoms with E-state index in [0.29, 0.717) is 0 Å². The van der Waals surface area contributed by atoms with Gasteiger partial charge in [-0.1, -0.05) is 0 Å². The van der Waals surface area contributed by atoms with Gasteiger partial charge < -0.3 is 37.2 Å². The minimum Gasteiger partial charge on any atom is -1.00 e. The largest absolute Gasteiger partial charge is 1.00 e. The van der Waals surface area contributed by atoms with Crippen LogP contribution in [0.4, 0.5) is 0 Å². The monoisotopic (exact) mass is 544 g/mol. The summed E-state index contributed by atoms with van der Waals surface area (Å²) in [6, 6.07) is 27.4. The Labute approximate surface area is 236 Å². The molecular formula is C30H31Cl3Ti. The fourth-order valence-electron chi connectivity index (χ4n) is 5.34. The molecule has 1 atom stereocenters. The molecule has 0 nitrogen and oxygen atoms in total. The predicted octanol–water partition coefficient (Wildman–Crippen LogP) is -1.04. The third kappa shape index (κ3) is 4.86. The van der Waals surface area contributed by atoms with E-state index in [-0.39, 0.29) is 46.4 Å². The number of rotatable bonds is 4. The van der Waals surface area contributed by atoms with E-state index in [9.17, 15) is 0 Å². The van der Waals surface area contributed by atoms with Crippen LogP contribution < -0.4 is 37.2 Å². The average molecular weight is 546 g/mol. The molecule has 3 aromatic carbocycles. The van der Waals surface area contributed by atoms with Crippen molar-refractivity contribution >= 4 is 0 Å². The molecule has 0 saturated carbocycles. The molecule has 0 aromatic heterocycles. The van der Waals surface area contributed by atoms with E-state index in [1.54, 1.807) is 0 Å². The van der Waals surface area contributed by atoms with Crippen LogP contribution in [0.15, 0.2) is 95.6 Å². The third-order valence-corrected chi connectivity index (χ3v) is 8.52. The van der Waals surface area contributed by atoms with Gasteiger partial charge in [-0.05, 0) is 0 Å². The average Bonchev–Trinajstić information content (AvgIpc) is 2.92. The van der Waals surface area contributed by atoms with Crippen molar-refractivity contribution in [3.8, 4) is 0 Å². The van der Waals surface area contributed by atoms with Crippen LogP contribution in [0, 0.1) is 20.8 Å². The Hall–Kier alpha value is -1.28. The van der Waals surface area contributed by atoms with E-state index in [4.69, 9.17) is 0 Å². The molecular weight excluding hydrogens is 515 g/mol. The standard InChI is InChI=1S/C30H31.3ClH.Ti/c1-20-10-7-13-26(16-20)30(27-14-8-11-21(2)17-27,28-15-9-12-22(3)18-28)29-19-23(4)24(5)25(29)6;;;;/h7-19H,1-6H3;3*1H;/q;;;;+3/p-3. The zero-order valence-corrected chi connectivity index (χ0v) is 24.5. The molecule has 0 heterocycles. The van der Waals surface area contributed by atoms with Crippen molar-refractivity contribution in [2.75, 3.05) is 0 Å². The maximum absolute atomic E-state index is 2.52. The van der Waals surface area contributed by atoms with Gasteiger partial charge in [0.05, 0.1) is 0 Å². The van der Waals surface area contributed by atoms with Gasteiger partial charge in [-0.2, -0.15) is 0 Å². The van der Waals surface area contributed by atoms with Gasteiger partial charge in [0.15, 0.2) is 0 Å². The number of halogens is 3. The smallest absolute Gasteiger partial charge is 1.00 e. The van der Waals surface area contributed by atoms with Gasteiger partial charge >= 0.3 is 200 Å². The Balaban J connectivity index is 0.00000193. The Morgan fingerprint density at radius 2 is 0.941 bits per heavy atom. The fraction of sp³-hybridized carbons (Fsp3) is 0.267. The molecule has 4 rings (SSSR count). The second-order valence-electron chi connectivity index (χ2n) is 9.24. The van der Waals surface area contributed by atoms with Crippen LogP contribution in [0.25, 0.3) is 0 Å². The first-order valence-electron chi connectivity index (χ1n) is 11.0. The summed E-state index contributed by atoms with van der Waals surface area (Å²) in [7, 11) is 0. The minimum atomic E-state index is -0.333. The van der Waals surface area contributed by atoms with E-state index >= 15 is 0 Å². The summed E-state index contributed by atoms with van der Waals surface area (Å²) >= 11 is 2.44. The summed E-state index contributed by atoms with van der Waals surface area (Å²) in [5.74, 6) is 0. The fourth-order valence-corrected chi connectivity index (χ4v) is 6.65. The van der Waals surface area contributed by atoms with Crippen molar-refractivity contribution in [1.29, 1.82) is 0 Å². The number of hydrogen-bond acceptors (Lipinski definition) is 0. The van der Waals surface area contributed by atoms with Crippen LogP contribution in [-0.4, -0.2) is 0 Å². The van der Waals surface area contributed by atoms with E-state index in [1.807, 2.05) is 0 Å². The molecule has 176 valence electrons. The van der Waals surface area contributed by atoms with Crippen LogP contribution >= 0.6 is 0 Å². The van der Waals surface area contributed by atoms with Crippen molar-refractivity contribution in [3.63, 3.8) is 0 Å². The summed E-state index contributed by atoms with van der Waals surface area (Å²) in [5.41, 5.74) is 11.9. The molecule has 4 heteroatoms. The summed E-state index contributed by atoms with van der Waals surface area (Å²) in [4.78, 5) is 0. The summed E-state index contributed by atoms with van der Waals surface area (Å²) in [6.45, 7) is 13.5. The third-order valence-electron chi connectivity index (χ3n) is 7.12. The van der Waals surface area contributed by atoms with Crippen molar-refractivity contribution in [2.24, 2.45) is 0 Å². The summed E-state index contributed by atoms with van der Waals surface area (Å²) < 4.78 is -0.184. The predicted molar refractivity (Wildman–Crippen MR) is 128 cm³/mol. The second-order valence-corrected chi connectivity index (χ2v) is 10.5. The molecule has 0 N–H and O–H groups in total. The zero-order chi connectivity index (χ0) is 22.4. The maximum atomic E-state index is 2.52. The van der Waals surface area contributed by atoms with Gasteiger partial charge in [-0.15, -0.1) is 0 Å². The number of hydrogen-bond donors (Lipinski definition) is 0. The molecule has 0 fully saturated rings. The van der Waals surface area contributed by atoms with E-state index < -0.39 is 0 Å². The van der Waals surface area contributed by atoms with Crippen LogP contribution in [0.5, 0.6) is 0 Å². The molecule has 1 aliphatic rings. The number of allylic oxidation sites excluding steroid dienone is 4. The number of aryl methyl sites for hydroxylation is 3. The van der Waals surface area contributed by atoms with Gasteiger partial charge in [0.1, 0.15) is 0 Å². The van der Waals surface area contributed by atoms with E-state index in [1.165, 1.54) is 50.1 Å². The van der Waals surface area contributed by atoms with Crippen molar-refractivity contribution in [2.45, 2.75) is 50.7 Å². The van der Waals surface area contributed by atoms with Gasteiger partial charge in [0.2, 0.25) is 0 Å². The molecule has 1 aliphatic carbocycles. The Morgan fingerprint density at radius 3 is 1.21 bits per heavy atom. The quantitative estimate of drug-likeness (QED) is 0.290. The molecule has 0 amide bonds. The van der Waals surface area contributed by atoms with Crippen molar-refractivity contribution in [1.82, 2.24) is 0 Å². The van der Waals surface area contributed by atoms with Gasteiger partial charge in [-0.3, -0.25) is 0 Å². The molecule has 0 saturated heterocycles. The first kappa shape index (κ1) is 30.8. The van der Waals surface area contributed by atoms with Gasteiger partial charge in [0, 0.05) is 0 Å². The molecule has 0 aliphatic heterocycles. The molecule has 34 heavy (non-hydrogen) atoms. The zero-order valence-electron chi connectivity index (χ0n) is 20.6. The molecule has 0 bridgehead atoms. The van der Waals surface area contributed by atoms with Gasteiger partial charge in [-0.25, -0.2) is 0 Å². The Bertz CT molecular complexity index is 1110. The Kier molecular flexibility index (Phi) is 10.5. The topological polar surface area (TPSA) is 0 Å². The van der Waals surface area contributed by atoms with E-state index in [2.05, 4.69) is 141 Å². The van der Waals surface area contributed by atoms with Crippen LogP contribution in [-0.2, 0) is 25.9 Å². The molecule has 3 aromatic rings. The summed E-state index contributed by atoms with van der Waals surface area (Å²) in [6.07, 6.45) is 2.52. The maximum Gasteiger partial charge on any atom is -1.00 e. The van der Waals surface area contributed by atoms with Crippen LogP contribution in [0.2, 0.25) is 3.72 Å². The summed E-state index contributed by atoms with van der Waals surface area (Å²) in [5, 5.41) is 0. The van der Waals surface area contributed by atoms with Crippen molar-refractivity contribution < 1.29 is 57.7 Å². The van der Waals surface area contributed by atoms with E-state index in [0.717, 1.165) is 0 Å². The normalized spacial score (nSPS) is 17.4. The first-order chi connectivity index (χ1) is 14.7. The SMILES string of the molecule is CC1=C[C]([Ti+3])(C(c2cccc(C)c2)(c2cccc(C)c2)c2cccc(C)c2)C(C)=C1C.[Cl-].[Cl-].[Cl-]. The minimum absolute atomic E-state index is 0. The number of benzene rings is 3. The van der Waals surface area contributed by atoms with Crippen molar-refractivity contribution in [3.05, 3.63) is 129 Å². The molecule has 1 unspecified atom stereocenters. The first-order valence-corrected chi connectivity index (χ1v) is 11.8. The Morgan fingerprint density at radius 1 is 0.588 bits per heavy atom. The van der Waals surface area contributed by atoms with Crippen LogP contribution in [0.1, 0.15) is 54.2 Å². The molecule has 0 radical (unpaired) electrons.